The van der Waals surface area contributed by atoms with Crippen molar-refractivity contribution < 1.29 is 4.74 Å². The number of methoxy groups -OCH3 is 1. The quantitative estimate of drug-likeness (QED) is 0.663. The van der Waals surface area contributed by atoms with Crippen LogP contribution in [-0.4, -0.2) is 44.8 Å². The number of nitrogens with two attached hydrogens (primary N) is 1. The summed E-state index contributed by atoms with van der Waals surface area (Å²) in [5.74, 6) is 0.732. The molecule has 0 aromatic heterocycles. The second kappa shape index (κ2) is 5.51. The third-order valence-electron chi connectivity index (χ3n) is 2.45. The molecule has 1 aliphatic heterocycles. The predicted molar refractivity (Wildman–Crippen MR) is 50.1 cm³/mol. The summed E-state index contributed by atoms with van der Waals surface area (Å²) < 4.78 is 5.15. The number of nitrogens with zero attached hydrogens (tertiary/aromatic N) is 1. The van der Waals surface area contributed by atoms with E-state index in [2.05, 4.69) is 4.90 Å². The second-order valence-electron chi connectivity index (χ2n) is 3.55. The van der Waals surface area contributed by atoms with Gasteiger partial charge in [-0.05, 0) is 25.3 Å². The highest BCUT2D eigenvalue weighted by molar-refractivity contribution is 4.72. The Bertz CT molecular complexity index is 103. The lowest BCUT2D eigenvalue weighted by atomic mass is 9.99. The SMILES string of the molecule is COCC1CCCN(CCN)C1. The van der Waals surface area contributed by atoms with Crippen LogP contribution in [0, 0.1) is 5.92 Å². The normalized spacial score (nSPS) is 26.0. The first-order valence-corrected chi connectivity index (χ1v) is 4.78. The van der Waals surface area contributed by atoms with Gasteiger partial charge in [-0.25, -0.2) is 0 Å². The van der Waals surface area contributed by atoms with Crippen molar-refractivity contribution in [1.82, 2.24) is 4.90 Å². The summed E-state index contributed by atoms with van der Waals surface area (Å²) in [7, 11) is 1.78. The summed E-state index contributed by atoms with van der Waals surface area (Å²) in [4.78, 5) is 2.44. The summed E-state index contributed by atoms with van der Waals surface area (Å²) >= 11 is 0. The first-order valence-electron chi connectivity index (χ1n) is 4.78. The van der Waals surface area contributed by atoms with Crippen LogP contribution in [0.4, 0.5) is 0 Å². The fraction of sp³-hybridized carbons (Fsp3) is 1.00. The fourth-order valence-corrected chi connectivity index (χ4v) is 1.91. The molecule has 1 heterocycles. The van der Waals surface area contributed by atoms with Gasteiger partial charge in [-0.3, -0.25) is 0 Å². The molecule has 12 heavy (non-hydrogen) atoms. The van der Waals surface area contributed by atoms with Gasteiger partial charge in [0.2, 0.25) is 0 Å². The van der Waals surface area contributed by atoms with E-state index in [1.54, 1.807) is 7.11 Å². The number of rotatable bonds is 4. The standard InChI is InChI=1S/C9H20N2O/c1-12-8-9-3-2-5-11(7-9)6-4-10/h9H,2-8,10H2,1H3. The van der Waals surface area contributed by atoms with Crippen LogP contribution in [0.1, 0.15) is 12.8 Å². The monoisotopic (exact) mass is 172 g/mol. The molecule has 1 unspecified atom stereocenters. The Balaban J connectivity index is 2.20. The molecule has 1 rings (SSSR count). The van der Waals surface area contributed by atoms with E-state index in [0.29, 0.717) is 0 Å². The predicted octanol–water partition coefficient (Wildman–Crippen LogP) is 0.304. The molecule has 0 spiro atoms. The first kappa shape index (κ1) is 9.96. The molecule has 0 radical (unpaired) electrons. The average Bonchev–Trinajstić information content (AvgIpc) is 2.06. The van der Waals surface area contributed by atoms with Gasteiger partial charge in [0.1, 0.15) is 0 Å². The zero-order valence-corrected chi connectivity index (χ0v) is 7.96. The van der Waals surface area contributed by atoms with E-state index in [0.717, 1.165) is 25.6 Å². The maximum atomic E-state index is 5.51. The summed E-state index contributed by atoms with van der Waals surface area (Å²) in [6, 6.07) is 0. The van der Waals surface area contributed by atoms with Crippen LogP contribution in [-0.2, 0) is 4.74 Å². The van der Waals surface area contributed by atoms with Crippen LogP contribution < -0.4 is 5.73 Å². The Hall–Kier alpha value is -0.120. The minimum atomic E-state index is 0.732. The Kier molecular flexibility index (Phi) is 4.58. The van der Waals surface area contributed by atoms with E-state index in [-0.39, 0.29) is 0 Å². The maximum absolute atomic E-state index is 5.51. The van der Waals surface area contributed by atoms with E-state index in [1.165, 1.54) is 25.9 Å². The van der Waals surface area contributed by atoms with Crippen LogP contribution in [0.5, 0.6) is 0 Å². The number of piperidine rings is 1. The smallest absolute Gasteiger partial charge is 0.0502 e. The van der Waals surface area contributed by atoms with Crippen molar-refractivity contribution in [2.75, 3.05) is 39.9 Å². The molecule has 2 N–H and O–H groups in total. The molecular formula is C9H20N2O. The van der Waals surface area contributed by atoms with Crippen LogP contribution >= 0.6 is 0 Å². The number of likely N-dealkylation sites (tertiary alicyclic amines) is 1. The number of hydrogen-bond acceptors (Lipinski definition) is 3. The van der Waals surface area contributed by atoms with Gasteiger partial charge in [0.05, 0.1) is 6.61 Å². The van der Waals surface area contributed by atoms with Gasteiger partial charge in [-0.1, -0.05) is 0 Å². The summed E-state index contributed by atoms with van der Waals surface area (Å²) in [6.07, 6.45) is 2.61. The molecule has 3 heteroatoms. The summed E-state index contributed by atoms with van der Waals surface area (Å²) in [6.45, 7) is 5.11. The van der Waals surface area contributed by atoms with Crippen LogP contribution in [0.25, 0.3) is 0 Å². The Morgan fingerprint density at radius 1 is 1.58 bits per heavy atom. The van der Waals surface area contributed by atoms with Crippen molar-refractivity contribution >= 4 is 0 Å². The molecule has 1 atom stereocenters. The molecule has 0 saturated carbocycles. The molecule has 1 fully saturated rings. The second-order valence-corrected chi connectivity index (χ2v) is 3.55. The Morgan fingerprint density at radius 3 is 3.08 bits per heavy atom. The molecule has 1 saturated heterocycles. The highest BCUT2D eigenvalue weighted by Gasteiger charge is 2.18. The lowest BCUT2D eigenvalue weighted by molar-refractivity contribution is 0.0921. The van der Waals surface area contributed by atoms with E-state index in [4.69, 9.17) is 10.5 Å². The van der Waals surface area contributed by atoms with Crippen molar-refractivity contribution in [3.63, 3.8) is 0 Å². The van der Waals surface area contributed by atoms with E-state index in [9.17, 15) is 0 Å². The van der Waals surface area contributed by atoms with Gasteiger partial charge in [-0.15, -0.1) is 0 Å². The lowest BCUT2D eigenvalue weighted by Crippen LogP contribution is -2.39. The third-order valence-corrected chi connectivity index (χ3v) is 2.45. The largest absolute Gasteiger partial charge is 0.384 e. The topological polar surface area (TPSA) is 38.5 Å². The number of ether oxygens (including phenoxy) is 1. The first-order chi connectivity index (χ1) is 5.86. The molecule has 1 aliphatic rings. The highest BCUT2D eigenvalue weighted by Crippen LogP contribution is 2.15. The third kappa shape index (κ3) is 3.09. The van der Waals surface area contributed by atoms with Gasteiger partial charge in [0.15, 0.2) is 0 Å². The summed E-state index contributed by atoms with van der Waals surface area (Å²) in [5.41, 5.74) is 5.51. The van der Waals surface area contributed by atoms with E-state index >= 15 is 0 Å². The van der Waals surface area contributed by atoms with E-state index < -0.39 is 0 Å². The van der Waals surface area contributed by atoms with Crippen molar-refractivity contribution in [2.45, 2.75) is 12.8 Å². The minimum absolute atomic E-state index is 0.732. The lowest BCUT2D eigenvalue weighted by Gasteiger charge is -2.31. The van der Waals surface area contributed by atoms with Gasteiger partial charge < -0.3 is 15.4 Å². The molecule has 0 amide bonds. The van der Waals surface area contributed by atoms with Crippen molar-refractivity contribution in [3.05, 3.63) is 0 Å². The van der Waals surface area contributed by atoms with Gasteiger partial charge in [-0.2, -0.15) is 0 Å². The Morgan fingerprint density at radius 2 is 2.42 bits per heavy atom. The van der Waals surface area contributed by atoms with Crippen LogP contribution in [0.2, 0.25) is 0 Å². The molecule has 0 aromatic rings. The molecular weight excluding hydrogens is 152 g/mol. The Labute approximate surface area is 74.9 Å². The average molecular weight is 172 g/mol. The van der Waals surface area contributed by atoms with Gasteiger partial charge in [0, 0.05) is 26.7 Å². The van der Waals surface area contributed by atoms with Crippen LogP contribution in [0.15, 0.2) is 0 Å². The molecule has 3 nitrogen and oxygen atoms in total. The van der Waals surface area contributed by atoms with Crippen LogP contribution in [0.3, 0.4) is 0 Å². The number of hydrogen-bond donors (Lipinski definition) is 1. The van der Waals surface area contributed by atoms with E-state index in [1.807, 2.05) is 0 Å². The molecule has 0 aromatic carbocycles. The van der Waals surface area contributed by atoms with Gasteiger partial charge >= 0.3 is 0 Å². The molecule has 0 bridgehead atoms. The minimum Gasteiger partial charge on any atom is -0.384 e. The molecule has 0 aliphatic carbocycles. The molecule has 72 valence electrons. The summed E-state index contributed by atoms with van der Waals surface area (Å²) in [5, 5.41) is 0. The zero-order chi connectivity index (χ0) is 8.81. The van der Waals surface area contributed by atoms with Crippen molar-refractivity contribution in [2.24, 2.45) is 11.7 Å². The van der Waals surface area contributed by atoms with Gasteiger partial charge in [0.25, 0.3) is 0 Å². The maximum Gasteiger partial charge on any atom is 0.0502 e. The highest BCUT2D eigenvalue weighted by atomic mass is 16.5. The zero-order valence-electron chi connectivity index (χ0n) is 7.96. The van der Waals surface area contributed by atoms with Crippen molar-refractivity contribution in [1.29, 1.82) is 0 Å². The van der Waals surface area contributed by atoms with Crippen molar-refractivity contribution in [3.8, 4) is 0 Å². The fourth-order valence-electron chi connectivity index (χ4n) is 1.91.